The molecular formula is C23H25N5OS. The van der Waals surface area contributed by atoms with E-state index >= 15 is 0 Å². The number of amides is 1. The zero-order valence-corrected chi connectivity index (χ0v) is 18.5. The number of aromatic nitrogens is 3. The van der Waals surface area contributed by atoms with Crippen molar-refractivity contribution in [3.63, 3.8) is 0 Å². The molecule has 3 aromatic rings. The Bertz CT molecular complexity index is 1070. The molecule has 7 heteroatoms. The largest absolute Gasteiger partial charge is 0.325 e. The molecule has 0 saturated carbocycles. The number of carbonyl (C=O) groups is 1. The van der Waals surface area contributed by atoms with Gasteiger partial charge in [-0.15, -0.1) is 10.2 Å². The topological polar surface area (TPSA) is 83.6 Å². The molecule has 0 aliphatic rings. The highest BCUT2D eigenvalue weighted by atomic mass is 32.2. The SMILES string of the molecule is CCn1c(SCC(=O)Nc2cccc(C#N)c2)nnc1-c1ccc(C(C)(C)C)cc1. The zero-order chi connectivity index (χ0) is 21.7. The van der Waals surface area contributed by atoms with Crippen LogP contribution in [0.15, 0.2) is 53.7 Å². The van der Waals surface area contributed by atoms with Crippen LogP contribution in [-0.2, 0) is 16.8 Å². The van der Waals surface area contributed by atoms with Crippen LogP contribution < -0.4 is 5.32 Å². The number of nitriles is 1. The van der Waals surface area contributed by atoms with Crippen LogP contribution in [0.4, 0.5) is 5.69 Å². The van der Waals surface area contributed by atoms with Gasteiger partial charge in [-0.05, 0) is 36.1 Å². The lowest BCUT2D eigenvalue weighted by molar-refractivity contribution is -0.113. The number of carbonyl (C=O) groups excluding carboxylic acids is 1. The molecule has 1 heterocycles. The van der Waals surface area contributed by atoms with Gasteiger partial charge in [0.25, 0.3) is 0 Å². The van der Waals surface area contributed by atoms with Gasteiger partial charge in [0.05, 0.1) is 17.4 Å². The van der Waals surface area contributed by atoms with Gasteiger partial charge in [0.1, 0.15) is 0 Å². The maximum absolute atomic E-state index is 12.3. The summed E-state index contributed by atoms with van der Waals surface area (Å²) in [6.45, 7) is 9.30. The van der Waals surface area contributed by atoms with Gasteiger partial charge in [-0.1, -0.05) is 62.9 Å². The highest BCUT2D eigenvalue weighted by molar-refractivity contribution is 7.99. The molecular weight excluding hydrogens is 394 g/mol. The number of thioether (sulfide) groups is 1. The van der Waals surface area contributed by atoms with Crippen LogP contribution in [0.3, 0.4) is 0 Å². The molecule has 1 amide bonds. The summed E-state index contributed by atoms with van der Waals surface area (Å²) in [6, 6.07) is 17.3. The fourth-order valence-electron chi connectivity index (χ4n) is 3.01. The van der Waals surface area contributed by atoms with Crippen LogP contribution in [0.2, 0.25) is 0 Å². The molecule has 154 valence electrons. The Morgan fingerprint density at radius 3 is 2.53 bits per heavy atom. The molecule has 0 radical (unpaired) electrons. The second kappa shape index (κ2) is 9.14. The van der Waals surface area contributed by atoms with Crippen molar-refractivity contribution in [2.24, 2.45) is 0 Å². The summed E-state index contributed by atoms with van der Waals surface area (Å²) in [4.78, 5) is 12.3. The van der Waals surface area contributed by atoms with Crippen LogP contribution in [0.25, 0.3) is 11.4 Å². The first-order valence-electron chi connectivity index (χ1n) is 9.78. The van der Waals surface area contributed by atoms with E-state index in [9.17, 15) is 4.79 Å². The van der Waals surface area contributed by atoms with E-state index in [1.165, 1.54) is 17.3 Å². The third-order valence-electron chi connectivity index (χ3n) is 4.65. The highest BCUT2D eigenvalue weighted by Crippen LogP contribution is 2.27. The number of hydrogen-bond donors (Lipinski definition) is 1. The normalized spacial score (nSPS) is 11.2. The zero-order valence-electron chi connectivity index (χ0n) is 17.6. The third kappa shape index (κ3) is 5.08. The maximum atomic E-state index is 12.3. The summed E-state index contributed by atoms with van der Waals surface area (Å²) in [7, 11) is 0. The van der Waals surface area contributed by atoms with Crippen molar-refractivity contribution in [1.29, 1.82) is 5.26 Å². The number of rotatable bonds is 6. The van der Waals surface area contributed by atoms with E-state index in [1.807, 2.05) is 11.5 Å². The van der Waals surface area contributed by atoms with E-state index in [-0.39, 0.29) is 17.1 Å². The lowest BCUT2D eigenvalue weighted by atomic mass is 9.87. The second-order valence-electron chi connectivity index (χ2n) is 7.91. The molecule has 0 spiro atoms. The van der Waals surface area contributed by atoms with Crippen LogP contribution in [0.1, 0.15) is 38.8 Å². The van der Waals surface area contributed by atoms with Crippen molar-refractivity contribution >= 4 is 23.4 Å². The number of nitrogens with one attached hydrogen (secondary N) is 1. The van der Waals surface area contributed by atoms with E-state index in [0.717, 1.165) is 11.4 Å². The number of benzene rings is 2. The smallest absolute Gasteiger partial charge is 0.234 e. The Balaban J connectivity index is 1.70. The number of hydrogen-bond acceptors (Lipinski definition) is 5. The molecule has 0 aliphatic heterocycles. The molecule has 0 bridgehead atoms. The Labute approximate surface area is 181 Å². The number of nitrogens with zero attached hydrogens (tertiary/aromatic N) is 4. The van der Waals surface area contributed by atoms with Gasteiger partial charge in [-0.3, -0.25) is 4.79 Å². The molecule has 6 nitrogen and oxygen atoms in total. The van der Waals surface area contributed by atoms with Gasteiger partial charge in [-0.25, -0.2) is 0 Å². The fraction of sp³-hybridized carbons (Fsp3) is 0.304. The molecule has 0 fully saturated rings. The summed E-state index contributed by atoms with van der Waals surface area (Å²) in [5.41, 5.74) is 3.48. The van der Waals surface area contributed by atoms with Gasteiger partial charge >= 0.3 is 0 Å². The molecule has 1 aromatic heterocycles. The molecule has 0 saturated heterocycles. The van der Waals surface area contributed by atoms with Crippen LogP contribution in [0.5, 0.6) is 0 Å². The first kappa shape index (κ1) is 21.6. The standard InChI is InChI=1S/C23H25N5OS/c1-5-28-21(17-9-11-18(12-10-17)23(2,3)4)26-27-22(28)30-15-20(29)25-19-8-6-7-16(13-19)14-24/h6-13H,5,15H2,1-4H3,(H,25,29). The predicted molar refractivity (Wildman–Crippen MR) is 120 cm³/mol. The van der Waals surface area contributed by atoms with Gasteiger partial charge in [0, 0.05) is 17.8 Å². The quantitative estimate of drug-likeness (QED) is 0.577. The van der Waals surface area contributed by atoms with Crippen molar-refractivity contribution < 1.29 is 4.79 Å². The maximum Gasteiger partial charge on any atom is 0.234 e. The fourth-order valence-corrected chi connectivity index (χ4v) is 3.81. The summed E-state index contributed by atoms with van der Waals surface area (Å²) in [5, 5.41) is 21.1. The van der Waals surface area contributed by atoms with E-state index < -0.39 is 0 Å². The van der Waals surface area contributed by atoms with Gasteiger partial charge in [-0.2, -0.15) is 5.26 Å². The summed E-state index contributed by atoms with van der Waals surface area (Å²) in [5.74, 6) is 0.845. The monoisotopic (exact) mass is 419 g/mol. The van der Waals surface area contributed by atoms with Crippen LogP contribution >= 0.6 is 11.8 Å². The highest BCUT2D eigenvalue weighted by Gasteiger charge is 2.17. The molecule has 0 atom stereocenters. The molecule has 0 aliphatic carbocycles. The number of anilines is 1. The first-order valence-corrected chi connectivity index (χ1v) is 10.8. The first-order chi connectivity index (χ1) is 14.3. The van der Waals surface area contributed by atoms with Gasteiger partial charge in [0.2, 0.25) is 5.91 Å². The Hall–Kier alpha value is -3.11. The minimum Gasteiger partial charge on any atom is -0.325 e. The van der Waals surface area contributed by atoms with Crippen LogP contribution in [-0.4, -0.2) is 26.4 Å². The van der Waals surface area contributed by atoms with E-state index in [2.05, 4.69) is 66.6 Å². The second-order valence-corrected chi connectivity index (χ2v) is 8.85. The van der Waals surface area contributed by atoms with Crippen molar-refractivity contribution in [3.8, 4) is 17.5 Å². The third-order valence-corrected chi connectivity index (χ3v) is 5.62. The molecule has 1 N–H and O–H groups in total. The summed E-state index contributed by atoms with van der Waals surface area (Å²) < 4.78 is 2.01. The van der Waals surface area contributed by atoms with Crippen molar-refractivity contribution in [2.45, 2.75) is 44.8 Å². The van der Waals surface area contributed by atoms with Crippen molar-refractivity contribution in [3.05, 3.63) is 59.7 Å². The van der Waals surface area contributed by atoms with E-state index in [1.54, 1.807) is 24.3 Å². The Kier molecular flexibility index (Phi) is 6.58. The average molecular weight is 420 g/mol. The van der Waals surface area contributed by atoms with Gasteiger partial charge < -0.3 is 9.88 Å². The molecule has 0 unspecified atom stereocenters. The molecule has 30 heavy (non-hydrogen) atoms. The molecule has 2 aromatic carbocycles. The summed E-state index contributed by atoms with van der Waals surface area (Å²) in [6.07, 6.45) is 0. The van der Waals surface area contributed by atoms with Gasteiger partial charge in [0.15, 0.2) is 11.0 Å². The predicted octanol–water partition coefficient (Wildman–Crippen LogP) is 4.86. The van der Waals surface area contributed by atoms with Crippen LogP contribution in [0, 0.1) is 11.3 Å². The lowest BCUT2D eigenvalue weighted by Gasteiger charge is -2.19. The van der Waals surface area contributed by atoms with E-state index in [0.29, 0.717) is 23.0 Å². The minimum absolute atomic E-state index is 0.0953. The lowest BCUT2D eigenvalue weighted by Crippen LogP contribution is -2.14. The summed E-state index contributed by atoms with van der Waals surface area (Å²) >= 11 is 1.34. The van der Waals surface area contributed by atoms with E-state index in [4.69, 9.17) is 5.26 Å². The van der Waals surface area contributed by atoms with Crippen molar-refractivity contribution in [2.75, 3.05) is 11.1 Å². The molecule has 3 rings (SSSR count). The Morgan fingerprint density at radius 1 is 1.17 bits per heavy atom. The van der Waals surface area contributed by atoms with Crippen molar-refractivity contribution in [1.82, 2.24) is 14.8 Å². The average Bonchev–Trinajstić information content (AvgIpc) is 3.14. The Morgan fingerprint density at radius 2 is 1.90 bits per heavy atom. The minimum atomic E-state index is -0.156.